The number of carbonyl (C=O) groups excluding carboxylic acids is 1. The van der Waals surface area contributed by atoms with Crippen LogP contribution in [0.5, 0.6) is 5.75 Å². The van der Waals surface area contributed by atoms with Crippen LogP contribution >= 0.6 is 11.3 Å². The van der Waals surface area contributed by atoms with Gasteiger partial charge in [-0.2, -0.15) is 0 Å². The number of ether oxygens (including phenoxy) is 2. The van der Waals surface area contributed by atoms with Gasteiger partial charge in [0, 0.05) is 55.2 Å². The molecule has 1 unspecified atom stereocenters. The fourth-order valence-electron chi connectivity index (χ4n) is 5.40. The molecule has 2 aliphatic heterocycles. The van der Waals surface area contributed by atoms with Crippen molar-refractivity contribution in [1.29, 1.82) is 0 Å². The Morgan fingerprint density at radius 3 is 2.85 bits per heavy atom. The van der Waals surface area contributed by atoms with Crippen LogP contribution in [0.4, 0.5) is 4.39 Å². The summed E-state index contributed by atoms with van der Waals surface area (Å²) < 4.78 is 26.9. The molecule has 1 amide bonds. The van der Waals surface area contributed by atoms with E-state index in [2.05, 4.69) is 39.8 Å². The fraction of sp³-hybridized carbons (Fsp3) is 0.367. The summed E-state index contributed by atoms with van der Waals surface area (Å²) in [6, 6.07) is 13.1. The predicted molar refractivity (Wildman–Crippen MR) is 150 cm³/mol. The van der Waals surface area contributed by atoms with Crippen molar-refractivity contribution in [3.63, 3.8) is 0 Å². The quantitative estimate of drug-likeness (QED) is 0.295. The van der Waals surface area contributed by atoms with Gasteiger partial charge in [0.15, 0.2) is 0 Å². The number of aromatic nitrogens is 2. The summed E-state index contributed by atoms with van der Waals surface area (Å²) in [5.41, 5.74) is 5.94. The van der Waals surface area contributed by atoms with Crippen LogP contribution in [0.15, 0.2) is 47.8 Å². The average molecular weight is 547 g/mol. The highest BCUT2D eigenvalue weighted by Crippen LogP contribution is 2.39. The van der Waals surface area contributed by atoms with Gasteiger partial charge in [0.1, 0.15) is 29.6 Å². The van der Waals surface area contributed by atoms with Gasteiger partial charge in [-0.1, -0.05) is 12.1 Å². The number of hydrogen-bond donors (Lipinski definition) is 1. The van der Waals surface area contributed by atoms with E-state index in [0.29, 0.717) is 36.6 Å². The Balaban J connectivity index is 1.18. The first kappa shape index (κ1) is 25.9. The first-order chi connectivity index (χ1) is 19.1. The molecule has 2 aromatic carbocycles. The van der Waals surface area contributed by atoms with Gasteiger partial charge >= 0.3 is 0 Å². The van der Waals surface area contributed by atoms with Crippen molar-refractivity contribution in [2.75, 3.05) is 40.0 Å². The Kier molecular flexibility index (Phi) is 7.54. The molecule has 0 aliphatic carbocycles. The van der Waals surface area contributed by atoms with Crippen molar-refractivity contribution < 1.29 is 18.7 Å². The number of likely N-dealkylation sites (tertiary alicyclic amines) is 1. The molecule has 4 heterocycles. The van der Waals surface area contributed by atoms with Crippen LogP contribution in [-0.4, -0.2) is 61.0 Å². The van der Waals surface area contributed by atoms with Crippen LogP contribution in [0, 0.1) is 11.7 Å². The van der Waals surface area contributed by atoms with E-state index in [9.17, 15) is 9.18 Å². The molecule has 202 valence electrons. The van der Waals surface area contributed by atoms with Crippen LogP contribution in [-0.2, 0) is 22.5 Å². The zero-order chi connectivity index (χ0) is 26.8. The number of benzene rings is 2. The second-order valence-electron chi connectivity index (χ2n) is 10.1. The van der Waals surface area contributed by atoms with Crippen molar-refractivity contribution in [2.24, 2.45) is 5.92 Å². The predicted octanol–water partition coefficient (Wildman–Crippen LogP) is 5.07. The van der Waals surface area contributed by atoms with E-state index in [0.717, 1.165) is 53.8 Å². The molecule has 0 spiro atoms. The van der Waals surface area contributed by atoms with Crippen molar-refractivity contribution in [3.8, 4) is 28.3 Å². The summed E-state index contributed by atoms with van der Waals surface area (Å²) in [5.74, 6) is 0.257. The number of nitrogens with zero attached hydrogens (tertiary/aromatic N) is 3. The van der Waals surface area contributed by atoms with Crippen LogP contribution in [0.2, 0.25) is 0 Å². The lowest BCUT2D eigenvalue weighted by Crippen LogP contribution is -2.23. The van der Waals surface area contributed by atoms with Crippen molar-refractivity contribution in [2.45, 2.75) is 25.8 Å². The monoisotopic (exact) mass is 546 g/mol. The third-order valence-electron chi connectivity index (χ3n) is 7.58. The summed E-state index contributed by atoms with van der Waals surface area (Å²) in [7, 11) is 1.83. The van der Waals surface area contributed by atoms with Crippen molar-refractivity contribution in [1.82, 2.24) is 20.4 Å². The maximum atomic E-state index is 14.2. The number of thiophene rings is 1. The highest BCUT2D eigenvalue weighted by molar-refractivity contribution is 7.17. The number of amides is 1. The lowest BCUT2D eigenvalue weighted by atomic mass is 9.96. The third kappa shape index (κ3) is 5.39. The summed E-state index contributed by atoms with van der Waals surface area (Å²) in [4.78, 5) is 13.8. The van der Waals surface area contributed by atoms with Gasteiger partial charge < -0.3 is 19.7 Å². The minimum absolute atomic E-state index is 0.0406. The number of nitrogens with one attached hydrogen (secondary N) is 1. The Hall–Kier alpha value is -3.40. The normalized spacial score (nSPS) is 17.1. The Labute approximate surface area is 231 Å². The topological polar surface area (TPSA) is 76.6 Å². The number of carbonyl (C=O) groups is 1. The molecular weight excluding hydrogens is 515 g/mol. The molecule has 2 aliphatic rings. The zero-order valence-corrected chi connectivity index (χ0v) is 22.7. The van der Waals surface area contributed by atoms with E-state index in [1.807, 2.05) is 12.4 Å². The minimum atomic E-state index is -0.380. The van der Waals surface area contributed by atoms with E-state index >= 15 is 0 Å². The van der Waals surface area contributed by atoms with Crippen molar-refractivity contribution in [3.05, 3.63) is 64.8 Å². The maximum absolute atomic E-state index is 14.2. The second-order valence-corrected chi connectivity index (χ2v) is 11.0. The summed E-state index contributed by atoms with van der Waals surface area (Å²) in [6.45, 7) is 3.78. The molecule has 9 heteroatoms. The minimum Gasteiger partial charge on any atom is -0.490 e. The van der Waals surface area contributed by atoms with E-state index in [1.54, 1.807) is 22.3 Å². The van der Waals surface area contributed by atoms with Crippen LogP contribution in [0.25, 0.3) is 32.6 Å². The molecular formula is C30H31FN4O3S. The Morgan fingerprint density at radius 2 is 1.97 bits per heavy atom. The summed E-state index contributed by atoms with van der Waals surface area (Å²) >= 11 is 1.59. The van der Waals surface area contributed by atoms with Crippen LogP contribution in [0.1, 0.15) is 24.0 Å². The number of halogens is 1. The molecule has 6 rings (SSSR count). The van der Waals surface area contributed by atoms with Crippen LogP contribution in [0.3, 0.4) is 0 Å². The lowest BCUT2D eigenvalue weighted by Gasteiger charge is -2.18. The van der Waals surface area contributed by atoms with Crippen LogP contribution < -0.4 is 10.1 Å². The van der Waals surface area contributed by atoms with Gasteiger partial charge in [-0.05, 0) is 66.6 Å². The first-order valence-corrected chi connectivity index (χ1v) is 14.3. The van der Waals surface area contributed by atoms with Crippen molar-refractivity contribution >= 4 is 27.3 Å². The highest BCUT2D eigenvalue weighted by atomic mass is 32.1. The number of hydrogen-bond acceptors (Lipinski definition) is 7. The molecule has 2 aromatic heterocycles. The van der Waals surface area contributed by atoms with Gasteiger partial charge in [0.2, 0.25) is 5.91 Å². The third-order valence-corrected chi connectivity index (χ3v) is 8.51. The van der Waals surface area contributed by atoms with Gasteiger partial charge in [0.05, 0.1) is 11.3 Å². The Morgan fingerprint density at radius 1 is 1.08 bits per heavy atom. The van der Waals surface area contributed by atoms with E-state index < -0.39 is 0 Å². The van der Waals surface area contributed by atoms with E-state index in [-0.39, 0.29) is 24.2 Å². The van der Waals surface area contributed by atoms with E-state index in [1.165, 1.54) is 23.3 Å². The fourth-order valence-corrected chi connectivity index (χ4v) is 6.30. The van der Waals surface area contributed by atoms with Gasteiger partial charge in [-0.3, -0.25) is 4.79 Å². The average Bonchev–Trinajstić information content (AvgIpc) is 3.57. The molecule has 0 bridgehead atoms. The summed E-state index contributed by atoms with van der Waals surface area (Å²) in [5, 5.41) is 15.7. The molecule has 0 saturated carbocycles. The molecule has 1 N–H and O–H groups in total. The molecule has 1 atom stereocenters. The van der Waals surface area contributed by atoms with Gasteiger partial charge in [-0.15, -0.1) is 21.5 Å². The second kappa shape index (κ2) is 11.4. The molecule has 0 radical (unpaired) electrons. The number of rotatable bonds is 9. The molecule has 1 saturated heterocycles. The van der Waals surface area contributed by atoms with Gasteiger partial charge in [0.25, 0.3) is 0 Å². The highest BCUT2D eigenvalue weighted by Gasteiger charge is 2.28. The standard InChI is InChI=1S/C30H31FN4O3S/c1-35-11-7-19(30(35)36)8-12-37-13-14-38-26-17-23(31)4-5-24(26)28-29-25(9-15-39-29)27(33-34-28)21-2-3-22-18-32-10-6-20(22)16-21/h2-5,9,15-17,19,32H,6-8,10-14,18H2,1H3. The lowest BCUT2D eigenvalue weighted by molar-refractivity contribution is -0.130. The Bertz CT molecular complexity index is 1510. The van der Waals surface area contributed by atoms with E-state index in [4.69, 9.17) is 9.47 Å². The molecule has 7 nitrogen and oxygen atoms in total. The molecule has 4 aromatic rings. The maximum Gasteiger partial charge on any atom is 0.225 e. The summed E-state index contributed by atoms with van der Waals surface area (Å²) in [6.07, 6.45) is 2.58. The smallest absolute Gasteiger partial charge is 0.225 e. The first-order valence-electron chi connectivity index (χ1n) is 13.4. The largest absolute Gasteiger partial charge is 0.490 e. The zero-order valence-electron chi connectivity index (χ0n) is 21.9. The molecule has 39 heavy (non-hydrogen) atoms. The SMILES string of the molecule is CN1CCC(CCOCCOc2cc(F)ccc2-c2nnc(-c3ccc4c(c3)CCNC4)c3ccsc23)C1=O. The number of fused-ring (bicyclic) bond motifs is 2. The van der Waals surface area contributed by atoms with Gasteiger partial charge in [-0.25, -0.2) is 4.39 Å². The molecule has 1 fully saturated rings.